The molecule has 0 bridgehead atoms. The molecular formula is C5H12NaO2P. The first kappa shape index (κ1) is 12.7. The summed E-state index contributed by atoms with van der Waals surface area (Å²) in [7, 11) is -0.189. The first-order valence-corrected chi connectivity index (χ1v) is 3.59. The third-order valence-electron chi connectivity index (χ3n) is 0.892. The SMILES string of the molecule is CCCCCOP=O.[NaH]. The summed E-state index contributed by atoms with van der Waals surface area (Å²) < 4.78 is 14.2. The third kappa shape index (κ3) is 12.3. The molecule has 0 aliphatic heterocycles. The van der Waals surface area contributed by atoms with Crippen LogP contribution in [0.15, 0.2) is 0 Å². The van der Waals surface area contributed by atoms with E-state index in [2.05, 4.69) is 11.4 Å². The van der Waals surface area contributed by atoms with Crippen molar-refractivity contribution in [1.82, 2.24) is 0 Å². The molecule has 0 spiro atoms. The quantitative estimate of drug-likeness (QED) is 0.346. The molecule has 9 heavy (non-hydrogen) atoms. The summed E-state index contributed by atoms with van der Waals surface area (Å²) >= 11 is 0. The maximum atomic E-state index is 9.64. The summed E-state index contributed by atoms with van der Waals surface area (Å²) in [5.74, 6) is 0. The molecule has 2 nitrogen and oxygen atoms in total. The van der Waals surface area contributed by atoms with Gasteiger partial charge in [-0.15, -0.1) is 0 Å². The zero-order valence-corrected chi connectivity index (χ0v) is 5.99. The standard InChI is InChI=1S/C5H11O2P.Na.H/c1-2-3-4-5-7-8-6;;/h2-5H2,1H3;;. The average molecular weight is 158 g/mol. The summed E-state index contributed by atoms with van der Waals surface area (Å²) in [6.45, 7) is 2.74. The van der Waals surface area contributed by atoms with Crippen LogP contribution >= 0.6 is 8.69 Å². The van der Waals surface area contributed by atoms with E-state index in [4.69, 9.17) is 0 Å². The molecule has 0 aliphatic carbocycles. The molecule has 0 aromatic heterocycles. The molecule has 0 fully saturated rings. The van der Waals surface area contributed by atoms with Gasteiger partial charge in [-0.3, -0.25) is 4.52 Å². The van der Waals surface area contributed by atoms with Crippen molar-refractivity contribution in [1.29, 1.82) is 0 Å². The van der Waals surface area contributed by atoms with Gasteiger partial charge in [0.25, 0.3) is 0 Å². The normalized spacial score (nSPS) is 9.00. The van der Waals surface area contributed by atoms with E-state index < -0.39 is 0 Å². The second-order valence-corrected chi connectivity index (χ2v) is 2.02. The topological polar surface area (TPSA) is 26.3 Å². The van der Waals surface area contributed by atoms with Crippen LogP contribution in [0.5, 0.6) is 0 Å². The molecule has 0 aliphatic rings. The van der Waals surface area contributed by atoms with Crippen molar-refractivity contribution >= 4 is 38.2 Å². The second kappa shape index (κ2) is 11.8. The molecule has 0 saturated heterocycles. The Kier molecular flexibility index (Phi) is 16.7. The van der Waals surface area contributed by atoms with Crippen molar-refractivity contribution in [3.05, 3.63) is 0 Å². The molecule has 0 heterocycles. The Morgan fingerprint density at radius 3 is 2.56 bits per heavy atom. The summed E-state index contributed by atoms with van der Waals surface area (Å²) in [6.07, 6.45) is 3.36. The van der Waals surface area contributed by atoms with Crippen molar-refractivity contribution in [2.75, 3.05) is 6.61 Å². The van der Waals surface area contributed by atoms with Crippen LogP contribution in [0.4, 0.5) is 0 Å². The number of unbranched alkanes of at least 4 members (excludes halogenated alkanes) is 2. The van der Waals surface area contributed by atoms with Crippen molar-refractivity contribution in [3.8, 4) is 0 Å². The Morgan fingerprint density at radius 2 is 2.11 bits per heavy atom. The first-order valence-electron chi connectivity index (χ1n) is 2.86. The molecule has 0 rings (SSSR count). The Bertz CT molecular complexity index is 60.9. The molecule has 0 unspecified atom stereocenters. The van der Waals surface area contributed by atoms with Crippen LogP contribution in [-0.2, 0) is 9.09 Å². The number of rotatable bonds is 5. The zero-order chi connectivity index (χ0) is 6.24. The van der Waals surface area contributed by atoms with Crippen LogP contribution in [0, 0.1) is 0 Å². The Labute approximate surface area is 79.9 Å². The number of hydrogen-bond donors (Lipinski definition) is 0. The molecule has 0 radical (unpaired) electrons. The first-order chi connectivity index (χ1) is 3.91. The summed E-state index contributed by atoms with van der Waals surface area (Å²) in [5, 5.41) is 0. The van der Waals surface area contributed by atoms with E-state index in [0.717, 1.165) is 12.8 Å². The molecule has 0 amide bonds. The second-order valence-electron chi connectivity index (χ2n) is 1.61. The van der Waals surface area contributed by atoms with Crippen LogP contribution in [0.25, 0.3) is 0 Å². The van der Waals surface area contributed by atoms with Gasteiger partial charge in [-0.25, -0.2) is 4.57 Å². The summed E-state index contributed by atoms with van der Waals surface area (Å²) in [5.41, 5.74) is 0. The fourth-order valence-corrected chi connectivity index (χ4v) is 0.658. The van der Waals surface area contributed by atoms with E-state index in [1.807, 2.05) is 0 Å². The van der Waals surface area contributed by atoms with Crippen molar-refractivity contribution < 1.29 is 9.09 Å². The van der Waals surface area contributed by atoms with E-state index in [1.165, 1.54) is 6.42 Å². The van der Waals surface area contributed by atoms with Gasteiger partial charge in [0.05, 0.1) is 6.61 Å². The molecule has 0 aromatic carbocycles. The monoisotopic (exact) mass is 158 g/mol. The van der Waals surface area contributed by atoms with Crippen LogP contribution in [-0.4, -0.2) is 36.2 Å². The molecule has 0 aromatic rings. The van der Waals surface area contributed by atoms with Gasteiger partial charge in [0.15, 0.2) is 0 Å². The predicted molar refractivity (Wildman–Crippen MR) is 40.2 cm³/mol. The predicted octanol–water partition coefficient (Wildman–Crippen LogP) is 1.75. The van der Waals surface area contributed by atoms with Gasteiger partial charge in [0.2, 0.25) is 0 Å². The van der Waals surface area contributed by atoms with Gasteiger partial charge in [-0.05, 0) is 6.42 Å². The Balaban J connectivity index is 0. The summed E-state index contributed by atoms with van der Waals surface area (Å²) in [4.78, 5) is 0. The van der Waals surface area contributed by atoms with Gasteiger partial charge < -0.3 is 0 Å². The third-order valence-corrected chi connectivity index (χ3v) is 1.18. The van der Waals surface area contributed by atoms with Crippen LogP contribution in [0.2, 0.25) is 0 Å². The van der Waals surface area contributed by atoms with Crippen molar-refractivity contribution in [2.45, 2.75) is 26.2 Å². The molecular weight excluding hydrogens is 146 g/mol. The van der Waals surface area contributed by atoms with E-state index in [1.54, 1.807) is 0 Å². The van der Waals surface area contributed by atoms with E-state index >= 15 is 0 Å². The van der Waals surface area contributed by atoms with Gasteiger partial charge in [0, 0.05) is 0 Å². The van der Waals surface area contributed by atoms with E-state index in [0.29, 0.717) is 6.61 Å². The fraction of sp³-hybridized carbons (Fsp3) is 1.00. The van der Waals surface area contributed by atoms with E-state index in [9.17, 15) is 4.57 Å². The van der Waals surface area contributed by atoms with Crippen molar-refractivity contribution in [3.63, 3.8) is 0 Å². The number of hydrogen-bond acceptors (Lipinski definition) is 2. The fourth-order valence-electron chi connectivity index (χ4n) is 0.454. The summed E-state index contributed by atoms with van der Waals surface area (Å²) in [6, 6.07) is 0. The minimum atomic E-state index is -0.189. The van der Waals surface area contributed by atoms with Gasteiger partial charge in [-0.1, -0.05) is 19.8 Å². The average Bonchev–Trinajstić information content (AvgIpc) is 1.81. The van der Waals surface area contributed by atoms with Gasteiger partial charge in [0.1, 0.15) is 0 Å². The van der Waals surface area contributed by atoms with Crippen LogP contribution in [0.1, 0.15) is 26.2 Å². The molecule has 4 heteroatoms. The van der Waals surface area contributed by atoms with Gasteiger partial charge >= 0.3 is 38.2 Å². The van der Waals surface area contributed by atoms with Crippen LogP contribution in [0.3, 0.4) is 0 Å². The zero-order valence-electron chi connectivity index (χ0n) is 5.09. The van der Waals surface area contributed by atoms with Crippen molar-refractivity contribution in [2.24, 2.45) is 0 Å². The molecule has 0 saturated carbocycles. The van der Waals surface area contributed by atoms with E-state index in [-0.39, 0.29) is 38.2 Å². The maximum absolute atomic E-state index is 9.64. The Morgan fingerprint density at radius 1 is 1.44 bits per heavy atom. The van der Waals surface area contributed by atoms with Gasteiger partial charge in [-0.2, -0.15) is 0 Å². The molecule has 50 valence electrons. The molecule has 0 N–H and O–H groups in total. The van der Waals surface area contributed by atoms with Crippen LogP contribution < -0.4 is 0 Å². The Hall–Kier alpha value is 1.06. The minimum absolute atomic E-state index is 0. The molecule has 0 atom stereocenters.